The number of hydrogen-bond acceptors (Lipinski definition) is 5. The number of carbonyl (C=O) groups excluding carboxylic acids is 1. The van der Waals surface area contributed by atoms with Crippen LogP contribution in [0.15, 0.2) is 42.7 Å². The number of carbonyl (C=O) groups is 1. The van der Waals surface area contributed by atoms with Gasteiger partial charge in [0, 0.05) is 28.4 Å². The molecule has 112 valence electrons. The van der Waals surface area contributed by atoms with Crippen molar-refractivity contribution in [3.05, 3.63) is 59.0 Å². The van der Waals surface area contributed by atoms with Crippen molar-refractivity contribution in [1.82, 2.24) is 25.0 Å². The van der Waals surface area contributed by atoms with Crippen LogP contribution in [0.4, 0.5) is 0 Å². The van der Waals surface area contributed by atoms with Gasteiger partial charge in [0.25, 0.3) is 5.91 Å². The molecule has 6 nitrogen and oxygen atoms in total. The Morgan fingerprint density at radius 2 is 1.91 bits per heavy atom. The molecule has 23 heavy (non-hydrogen) atoms. The van der Waals surface area contributed by atoms with Crippen LogP contribution in [0.3, 0.4) is 0 Å². The average Bonchev–Trinajstić information content (AvgIpc) is 2.92. The Morgan fingerprint density at radius 3 is 2.70 bits per heavy atom. The third-order valence-corrected chi connectivity index (χ3v) is 3.86. The Labute approximate surface area is 135 Å². The second-order valence-electron chi connectivity index (χ2n) is 5.10. The van der Waals surface area contributed by atoms with E-state index in [2.05, 4.69) is 20.3 Å². The zero-order chi connectivity index (χ0) is 16.0. The van der Waals surface area contributed by atoms with Gasteiger partial charge >= 0.3 is 0 Å². The van der Waals surface area contributed by atoms with Crippen LogP contribution >= 0.6 is 11.6 Å². The molecular weight excluding hydrogens is 314 g/mol. The molecule has 3 heterocycles. The van der Waals surface area contributed by atoms with Crippen LogP contribution in [0.25, 0.3) is 21.9 Å². The first-order chi connectivity index (χ1) is 11.1. The lowest BCUT2D eigenvalue weighted by Gasteiger charge is -2.04. The summed E-state index contributed by atoms with van der Waals surface area (Å²) in [6.45, 7) is 1.80. The van der Waals surface area contributed by atoms with Crippen LogP contribution in [0, 0.1) is 6.92 Å². The molecule has 0 fully saturated rings. The van der Waals surface area contributed by atoms with Gasteiger partial charge in [-0.05, 0) is 37.3 Å². The number of aromatic nitrogens is 5. The van der Waals surface area contributed by atoms with Crippen LogP contribution in [-0.2, 0) is 0 Å². The zero-order valence-corrected chi connectivity index (χ0v) is 12.8. The molecule has 0 aliphatic rings. The summed E-state index contributed by atoms with van der Waals surface area (Å²) in [7, 11) is 0. The number of hydrogen-bond donors (Lipinski definition) is 0. The van der Waals surface area contributed by atoms with Gasteiger partial charge in [-0.15, -0.1) is 10.2 Å². The van der Waals surface area contributed by atoms with Crippen molar-refractivity contribution in [2.24, 2.45) is 0 Å². The highest BCUT2D eigenvalue weighted by Crippen LogP contribution is 2.27. The van der Waals surface area contributed by atoms with Crippen LogP contribution in [0.1, 0.15) is 16.1 Å². The molecule has 0 N–H and O–H groups in total. The number of nitrogens with zero attached hydrogens (tertiary/aromatic N) is 5. The maximum Gasteiger partial charge on any atom is 0.278 e. The van der Waals surface area contributed by atoms with Gasteiger partial charge in [0.05, 0.1) is 11.2 Å². The molecule has 4 rings (SSSR count). The average molecular weight is 324 g/mol. The lowest BCUT2D eigenvalue weighted by atomic mass is 10.2. The van der Waals surface area contributed by atoms with Crippen molar-refractivity contribution in [3.8, 4) is 0 Å². The van der Waals surface area contributed by atoms with E-state index in [-0.39, 0.29) is 5.91 Å². The topological polar surface area (TPSA) is 73.6 Å². The second-order valence-corrected chi connectivity index (χ2v) is 5.53. The van der Waals surface area contributed by atoms with E-state index >= 15 is 0 Å². The molecule has 0 spiro atoms. The summed E-state index contributed by atoms with van der Waals surface area (Å²) in [6, 6.07) is 8.58. The highest BCUT2D eigenvalue weighted by molar-refractivity contribution is 6.31. The lowest BCUT2D eigenvalue weighted by Crippen LogP contribution is -2.14. The number of fused-ring (bicyclic) bond motifs is 3. The number of rotatable bonds is 1. The molecule has 0 saturated heterocycles. The maximum absolute atomic E-state index is 12.8. The van der Waals surface area contributed by atoms with Gasteiger partial charge in [-0.3, -0.25) is 9.78 Å². The first kappa shape index (κ1) is 13.8. The van der Waals surface area contributed by atoms with E-state index in [1.807, 2.05) is 0 Å². The van der Waals surface area contributed by atoms with Crippen molar-refractivity contribution in [3.63, 3.8) is 0 Å². The van der Waals surface area contributed by atoms with Gasteiger partial charge in [0.15, 0.2) is 0 Å². The Hall–Kier alpha value is -2.86. The summed E-state index contributed by atoms with van der Waals surface area (Å²) < 4.78 is 1.35. The van der Waals surface area contributed by atoms with E-state index in [9.17, 15) is 4.79 Å². The molecule has 0 saturated carbocycles. The van der Waals surface area contributed by atoms with E-state index in [0.29, 0.717) is 32.8 Å². The molecule has 0 atom stereocenters. The monoisotopic (exact) mass is 323 g/mol. The fourth-order valence-corrected chi connectivity index (χ4v) is 2.71. The van der Waals surface area contributed by atoms with Crippen molar-refractivity contribution in [2.45, 2.75) is 6.92 Å². The van der Waals surface area contributed by atoms with Crippen LogP contribution in [0.5, 0.6) is 0 Å². The Balaban J connectivity index is 2.07. The summed E-state index contributed by atoms with van der Waals surface area (Å²) in [5, 5.41) is 14.0. The molecule has 7 heteroatoms. The van der Waals surface area contributed by atoms with Crippen molar-refractivity contribution < 1.29 is 4.79 Å². The summed E-state index contributed by atoms with van der Waals surface area (Å²) >= 11 is 6.10. The number of benzene rings is 1. The lowest BCUT2D eigenvalue weighted by molar-refractivity contribution is 0.0950. The minimum Gasteiger partial charge on any atom is -0.267 e. The summed E-state index contributed by atoms with van der Waals surface area (Å²) in [5.74, 6) is -0.250. The number of halogens is 1. The quantitative estimate of drug-likeness (QED) is 0.538. The Kier molecular flexibility index (Phi) is 3.06. The summed E-state index contributed by atoms with van der Waals surface area (Å²) in [4.78, 5) is 16.7. The SMILES string of the molecule is Cc1nn(C(=O)c2ccncc2)c2c1nnc1ccc(Cl)cc12. The third kappa shape index (κ3) is 2.15. The van der Waals surface area contributed by atoms with Crippen LogP contribution in [-0.4, -0.2) is 30.9 Å². The van der Waals surface area contributed by atoms with Crippen molar-refractivity contribution in [2.75, 3.05) is 0 Å². The second kappa shape index (κ2) is 5.10. The van der Waals surface area contributed by atoms with Crippen molar-refractivity contribution >= 4 is 39.4 Å². The molecule has 1 aromatic carbocycles. The number of aryl methyl sites for hydroxylation is 1. The fraction of sp³-hybridized carbons (Fsp3) is 0.0625. The molecule has 0 aliphatic heterocycles. The van der Waals surface area contributed by atoms with Gasteiger partial charge in [-0.2, -0.15) is 9.78 Å². The predicted molar refractivity (Wildman–Crippen MR) is 86.5 cm³/mol. The minimum absolute atomic E-state index is 0.250. The fourth-order valence-electron chi connectivity index (χ4n) is 2.53. The van der Waals surface area contributed by atoms with Crippen molar-refractivity contribution in [1.29, 1.82) is 0 Å². The molecule has 4 aromatic rings. The van der Waals surface area contributed by atoms with E-state index in [4.69, 9.17) is 11.6 Å². The van der Waals surface area contributed by atoms with E-state index in [1.165, 1.54) is 4.68 Å². The number of pyridine rings is 1. The largest absolute Gasteiger partial charge is 0.278 e. The minimum atomic E-state index is -0.250. The third-order valence-electron chi connectivity index (χ3n) is 3.62. The summed E-state index contributed by atoms with van der Waals surface area (Å²) in [5.41, 5.74) is 2.98. The van der Waals surface area contributed by atoms with Gasteiger partial charge < -0.3 is 0 Å². The standard InChI is InChI=1S/C16H10ClN5O/c1-9-14-15(12-8-11(17)2-3-13(12)19-20-14)22(21-9)16(23)10-4-6-18-7-5-10/h2-8H,1H3. The van der Waals surface area contributed by atoms with Crippen LogP contribution < -0.4 is 0 Å². The smallest absolute Gasteiger partial charge is 0.267 e. The van der Waals surface area contributed by atoms with E-state index in [1.54, 1.807) is 49.6 Å². The van der Waals surface area contributed by atoms with Crippen LogP contribution in [0.2, 0.25) is 5.02 Å². The first-order valence-corrected chi connectivity index (χ1v) is 7.29. The predicted octanol–water partition coefficient (Wildman–Crippen LogP) is 3.02. The normalized spacial score (nSPS) is 11.2. The maximum atomic E-state index is 12.8. The zero-order valence-electron chi connectivity index (χ0n) is 12.1. The highest BCUT2D eigenvalue weighted by Gasteiger charge is 2.19. The summed E-state index contributed by atoms with van der Waals surface area (Å²) in [6.07, 6.45) is 3.14. The van der Waals surface area contributed by atoms with Gasteiger partial charge in [0.2, 0.25) is 0 Å². The van der Waals surface area contributed by atoms with Gasteiger partial charge in [0.1, 0.15) is 11.0 Å². The molecule has 0 amide bonds. The molecule has 0 radical (unpaired) electrons. The molecule has 0 aliphatic carbocycles. The molecule has 0 unspecified atom stereocenters. The highest BCUT2D eigenvalue weighted by atomic mass is 35.5. The Bertz CT molecular complexity index is 1060. The molecular formula is C16H10ClN5O. The van der Waals surface area contributed by atoms with E-state index < -0.39 is 0 Å². The molecule has 0 bridgehead atoms. The molecule has 3 aromatic heterocycles. The van der Waals surface area contributed by atoms with E-state index in [0.717, 1.165) is 5.39 Å². The van der Waals surface area contributed by atoms with Gasteiger partial charge in [-0.1, -0.05) is 11.6 Å². The van der Waals surface area contributed by atoms with Gasteiger partial charge in [-0.25, -0.2) is 0 Å². The Morgan fingerprint density at radius 1 is 1.13 bits per heavy atom. The first-order valence-electron chi connectivity index (χ1n) is 6.91.